The van der Waals surface area contributed by atoms with Crippen LogP contribution in [0.15, 0.2) is 30.5 Å². The lowest BCUT2D eigenvalue weighted by molar-refractivity contribution is -0.141. The molecule has 0 spiro atoms. The maximum absolute atomic E-state index is 12.0. The number of fused-ring (bicyclic) bond motifs is 1. The van der Waals surface area contributed by atoms with E-state index in [2.05, 4.69) is 24.1 Å². The molecular formula is C18H24N2O3S. The molecule has 130 valence electrons. The maximum atomic E-state index is 12.0. The zero-order chi connectivity index (χ0) is 17.5. The Morgan fingerprint density at radius 3 is 2.75 bits per heavy atom. The van der Waals surface area contributed by atoms with E-state index in [9.17, 15) is 14.7 Å². The third-order valence-corrected chi connectivity index (χ3v) is 4.80. The van der Waals surface area contributed by atoms with Crippen LogP contribution in [0.1, 0.15) is 25.8 Å². The maximum Gasteiger partial charge on any atom is 0.326 e. The highest BCUT2D eigenvalue weighted by molar-refractivity contribution is 7.99. The number of carboxylic acids is 1. The number of carbonyl (C=O) groups is 2. The lowest BCUT2D eigenvalue weighted by atomic mass is 10.1. The van der Waals surface area contributed by atoms with E-state index >= 15 is 0 Å². The predicted octanol–water partition coefficient (Wildman–Crippen LogP) is 3.06. The molecule has 0 radical (unpaired) electrons. The minimum atomic E-state index is -1.01. The number of benzene rings is 1. The van der Waals surface area contributed by atoms with E-state index in [0.29, 0.717) is 11.7 Å². The van der Waals surface area contributed by atoms with E-state index in [4.69, 9.17) is 0 Å². The lowest BCUT2D eigenvalue weighted by Gasteiger charge is -2.14. The number of hydrogen-bond acceptors (Lipinski definition) is 3. The molecule has 0 saturated carbocycles. The largest absolute Gasteiger partial charge is 0.480 e. The number of thioether (sulfide) groups is 1. The van der Waals surface area contributed by atoms with Gasteiger partial charge in [0.25, 0.3) is 0 Å². The van der Waals surface area contributed by atoms with Crippen LogP contribution in [0.3, 0.4) is 0 Å². The number of aromatic nitrogens is 1. The molecule has 6 heteroatoms. The summed E-state index contributed by atoms with van der Waals surface area (Å²) in [6, 6.07) is 6.82. The second kappa shape index (κ2) is 8.78. The van der Waals surface area contributed by atoms with Gasteiger partial charge < -0.3 is 15.4 Å². The van der Waals surface area contributed by atoms with Crippen LogP contribution in [-0.4, -0.2) is 39.5 Å². The van der Waals surface area contributed by atoms with Crippen LogP contribution in [0.2, 0.25) is 0 Å². The molecule has 1 amide bonds. The summed E-state index contributed by atoms with van der Waals surface area (Å²) in [4.78, 5) is 26.6. The Labute approximate surface area is 146 Å². The first kappa shape index (κ1) is 18.4. The van der Waals surface area contributed by atoms with Crippen molar-refractivity contribution in [2.75, 3.05) is 11.5 Å². The Morgan fingerprint density at radius 2 is 2.04 bits per heavy atom. The summed E-state index contributed by atoms with van der Waals surface area (Å²) in [5.74, 6) is 0.571. The van der Waals surface area contributed by atoms with E-state index in [-0.39, 0.29) is 12.3 Å². The Morgan fingerprint density at radius 1 is 1.29 bits per heavy atom. The highest BCUT2D eigenvalue weighted by atomic mass is 32.2. The first-order valence-electron chi connectivity index (χ1n) is 8.12. The van der Waals surface area contributed by atoms with Crippen LogP contribution in [0.4, 0.5) is 0 Å². The molecule has 1 atom stereocenters. The van der Waals surface area contributed by atoms with Gasteiger partial charge in [0.15, 0.2) is 0 Å². The van der Waals surface area contributed by atoms with Crippen molar-refractivity contribution in [3.05, 3.63) is 36.0 Å². The third-order valence-electron chi connectivity index (χ3n) is 3.80. The van der Waals surface area contributed by atoms with Gasteiger partial charge in [-0.05, 0) is 29.7 Å². The molecule has 0 saturated heterocycles. The molecule has 1 aromatic heterocycles. The minimum Gasteiger partial charge on any atom is -0.480 e. The first-order chi connectivity index (χ1) is 11.5. The summed E-state index contributed by atoms with van der Waals surface area (Å²) >= 11 is 1.54. The second-order valence-corrected chi connectivity index (χ2v) is 7.36. The Kier molecular flexibility index (Phi) is 6.73. The summed E-state index contributed by atoms with van der Waals surface area (Å²) in [7, 11) is 0. The molecule has 2 aromatic rings. The van der Waals surface area contributed by atoms with Gasteiger partial charge in [-0.3, -0.25) is 4.79 Å². The smallest absolute Gasteiger partial charge is 0.326 e. The number of amides is 1. The van der Waals surface area contributed by atoms with Crippen LogP contribution in [0.25, 0.3) is 10.9 Å². The van der Waals surface area contributed by atoms with Crippen molar-refractivity contribution in [1.82, 2.24) is 10.3 Å². The standard InChI is InChI=1S/C18H24N2O3S/c1-12(2)7-8-24-11-17(21)20-16(18(22)23)9-13-10-19-15-6-4-3-5-14(13)15/h3-6,10,12,16,19H,7-9,11H2,1-2H3,(H,20,21)(H,22,23). The molecule has 0 aliphatic heterocycles. The van der Waals surface area contributed by atoms with Crippen molar-refractivity contribution in [3.8, 4) is 0 Å². The molecule has 24 heavy (non-hydrogen) atoms. The van der Waals surface area contributed by atoms with Crippen LogP contribution in [-0.2, 0) is 16.0 Å². The van der Waals surface area contributed by atoms with Crippen molar-refractivity contribution in [1.29, 1.82) is 0 Å². The monoisotopic (exact) mass is 348 g/mol. The molecule has 1 heterocycles. The zero-order valence-electron chi connectivity index (χ0n) is 14.0. The van der Waals surface area contributed by atoms with Crippen LogP contribution in [0, 0.1) is 5.92 Å². The number of carbonyl (C=O) groups excluding carboxylic acids is 1. The minimum absolute atomic E-state index is 0.226. The summed E-state index contributed by atoms with van der Waals surface area (Å²) in [5.41, 5.74) is 1.86. The summed E-state index contributed by atoms with van der Waals surface area (Å²) in [6.07, 6.45) is 3.13. The molecule has 2 rings (SSSR count). The summed E-state index contributed by atoms with van der Waals surface area (Å²) < 4.78 is 0. The third kappa shape index (κ3) is 5.30. The van der Waals surface area contributed by atoms with Gasteiger partial charge in [0.1, 0.15) is 6.04 Å². The SMILES string of the molecule is CC(C)CCSCC(=O)NC(Cc1c[nH]c2ccccc12)C(=O)O. The van der Waals surface area contributed by atoms with Crippen molar-refractivity contribution in [2.45, 2.75) is 32.7 Å². The summed E-state index contributed by atoms with van der Waals surface area (Å²) in [6.45, 7) is 4.28. The molecule has 0 fully saturated rings. The fourth-order valence-electron chi connectivity index (χ4n) is 2.44. The number of aromatic amines is 1. The lowest BCUT2D eigenvalue weighted by Crippen LogP contribution is -2.43. The van der Waals surface area contributed by atoms with E-state index in [1.165, 1.54) is 0 Å². The van der Waals surface area contributed by atoms with E-state index in [0.717, 1.165) is 28.6 Å². The Balaban J connectivity index is 1.92. The number of carboxylic acid groups (broad SMARTS) is 1. The number of H-pyrrole nitrogens is 1. The van der Waals surface area contributed by atoms with E-state index < -0.39 is 12.0 Å². The van der Waals surface area contributed by atoms with Crippen molar-refractivity contribution >= 4 is 34.5 Å². The van der Waals surface area contributed by atoms with Gasteiger partial charge in [0.05, 0.1) is 5.75 Å². The number of nitrogens with one attached hydrogen (secondary N) is 2. The first-order valence-corrected chi connectivity index (χ1v) is 9.27. The zero-order valence-corrected chi connectivity index (χ0v) is 14.9. The number of rotatable bonds is 9. The van der Waals surface area contributed by atoms with Gasteiger partial charge in [0, 0.05) is 23.5 Å². The van der Waals surface area contributed by atoms with Crippen LogP contribution < -0.4 is 5.32 Å². The molecule has 1 unspecified atom stereocenters. The summed E-state index contributed by atoms with van der Waals surface area (Å²) in [5, 5.41) is 13.0. The van der Waals surface area contributed by atoms with E-state index in [1.807, 2.05) is 30.5 Å². The second-order valence-electron chi connectivity index (χ2n) is 6.26. The average molecular weight is 348 g/mol. The van der Waals surface area contributed by atoms with Crippen LogP contribution in [0.5, 0.6) is 0 Å². The predicted molar refractivity (Wildman–Crippen MR) is 98.3 cm³/mol. The molecular weight excluding hydrogens is 324 g/mol. The van der Waals surface area contributed by atoms with Gasteiger partial charge in [-0.2, -0.15) is 11.8 Å². The molecule has 1 aromatic carbocycles. The van der Waals surface area contributed by atoms with Crippen molar-refractivity contribution in [3.63, 3.8) is 0 Å². The fourth-order valence-corrected chi connectivity index (χ4v) is 3.49. The number of para-hydroxylation sites is 1. The average Bonchev–Trinajstić information content (AvgIpc) is 2.94. The number of hydrogen-bond donors (Lipinski definition) is 3. The Hall–Kier alpha value is -1.95. The molecule has 5 nitrogen and oxygen atoms in total. The van der Waals surface area contributed by atoms with E-state index in [1.54, 1.807) is 11.8 Å². The number of aliphatic carboxylic acids is 1. The molecule has 0 aliphatic carbocycles. The highest BCUT2D eigenvalue weighted by Crippen LogP contribution is 2.19. The van der Waals surface area contributed by atoms with Gasteiger partial charge in [-0.15, -0.1) is 0 Å². The Bertz CT molecular complexity index is 696. The van der Waals surface area contributed by atoms with Crippen LogP contribution >= 0.6 is 11.8 Å². The quantitative estimate of drug-likeness (QED) is 0.608. The van der Waals surface area contributed by atoms with Gasteiger partial charge in [0.2, 0.25) is 5.91 Å². The fraction of sp³-hybridized carbons (Fsp3) is 0.444. The normalized spacial score (nSPS) is 12.5. The molecule has 0 bridgehead atoms. The molecule has 3 N–H and O–H groups in total. The topological polar surface area (TPSA) is 82.2 Å². The van der Waals surface area contributed by atoms with Crippen molar-refractivity contribution < 1.29 is 14.7 Å². The molecule has 0 aliphatic rings. The van der Waals surface area contributed by atoms with Gasteiger partial charge in [-0.25, -0.2) is 4.79 Å². The van der Waals surface area contributed by atoms with Crippen molar-refractivity contribution in [2.24, 2.45) is 5.92 Å². The highest BCUT2D eigenvalue weighted by Gasteiger charge is 2.21. The van der Waals surface area contributed by atoms with Gasteiger partial charge in [-0.1, -0.05) is 32.0 Å². The van der Waals surface area contributed by atoms with Gasteiger partial charge >= 0.3 is 5.97 Å².